The van der Waals surface area contributed by atoms with Gasteiger partial charge < -0.3 is 20.3 Å². The van der Waals surface area contributed by atoms with Gasteiger partial charge in [-0.2, -0.15) is 0 Å². The second-order valence-corrected chi connectivity index (χ2v) is 4.61. The van der Waals surface area contributed by atoms with Crippen molar-refractivity contribution in [1.29, 1.82) is 0 Å². The number of aromatic nitrogens is 1. The molecule has 0 aliphatic carbocycles. The van der Waals surface area contributed by atoms with Crippen molar-refractivity contribution in [3.05, 3.63) is 46.3 Å². The molecule has 0 spiro atoms. The molecular weight excluding hydrogens is 298 g/mol. The Hall–Kier alpha value is -2.54. The first-order valence-corrected chi connectivity index (χ1v) is 6.34. The van der Waals surface area contributed by atoms with Gasteiger partial charge in [0.2, 0.25) is 0 Å². The molecule has 0 saturated heterocycles. The zero-order valence-electron chi connectivity index (χ0n) is 11.0. The first-order chi connectivity index (χ1) is 9.97. The van der Waals surface area contributed by atoms with Crippen molar-refractivity contribution in [2.45, 2.75) is 13.5 Å². The Bertz CT molecular complexity index is 684. The molecular formula is C13H12ClN3O4. The number of anilines is 1. The van der Waals surface area contributed by atoms with E-state index >= 15 is 0 Å². The van der Waals surface area contributed by atoms with Crippen LogP contribution in [0.4, 0.5) is 10.5 Å². The van der Waals surface area contributed by atoms with Crippen molar-refractivity contribution < 1.29 is 19.2 Å². The van der Waals surface area contributed by atoms with E-state index in [1.165, 1.54) is 12.1 Å². The van der Waals surface area contributed by atoms with Crippen LogP contribution in [0.25, 0.3) is 0 Å². The van der Waals surface area contributed by atoms with Gasteiger partial charge in [0.1, 0.15) is 17.0 Å². The van der Waals surface area contributed by atoms with Gasteiger partial charge >= 0.3 is 12.0 Å². The number of hydrogen-bond donors (Lipinski definition) is 3. The van der Waals surface area contributed by atoms with E-state index in [0.717, 1.165) is 0 Å². The molecule has 0 radical (unpaired) electrons. The van der Waals surface area contributed by atoms with Crippen LogP contribution in [-0.2, 0) is 6.54 Å². The van der Waals surface area contributed by atoms with Gasteiger partial charge in [0.15, 0.2) is 0 Å². The van der Waals surface area contributed by atoms with Crippen LogP contribution in [0.5, 0.6) is 0 Å². The number of carbonyl (C=O) groups is 2. The number of nitrogens with one attached hydrogen (secondary N) is 2. The Labute approximate surface area is 124 Å². The highest BCUT2D eigenvalue weighted by atomic mass is 35.5. The van der Waals surface area contributed by atoms with Crippen LogP contribution in [0.15, 0.2) is 28.8 Å². The van der Waals surface area contributed by atoms with Crippen LogP contribution < -0.4 is 10.6 Å². The molecule has 7 nitrogen and oxygen atoms in total. The molecule has 0 bridgehead atoms. The van der Waals surface area contributed by atoms with E-state index in [4.69, 9.17) is 21.2 Å². The average molecular weight is 310 g/mol. The van der Waals surface area contributed by atoms with Gasteiger partial charge in [-0.3, -0.25) is 0 Å². The molecule has 8 heteroatoms. The van der Waals surface area contributed by atoms with E-state index in [0.29, 0.717) is 11.5 Å². The minimum Gasteiger partial charge on any atom is -0.478 e. The van der Waals surface area contributed by atoms with Crippen molar-refractivity contribution in [2.24, 2.45) is 0 Å². The van der Waals surface area contributed by atoms with Crippen molar-refractivity contribution in [3.8, 4) is 0 Å². The zero-order valence-corrected chi connectivity index (χ0v) is 11.8. The summed E-state index contributed by atoms with van der Waals surface area (Å²) in [6.45, 7) is 1.90. The van der Waals surface area contributed by atoms with E-state index in [1.807, 2.05) is 0 Å². The number of urea groups is 1. The van der Waals surface area contributed by atoms with E-state index in [-0.39, 0.29) is 22.8 Å². The lowest BCUT2D eigenvalue weighted by Gasteiger charge is -2.10. The molecule has 0 atom stereocenters. The minimum atomic E-state index is -1.22. The molecule has 2 rings (SSSR count). The molecule has 1 heterocycles. The Morgan fingerprint density at radius 3 is 2.81 bits per heavy atom. The van der Waals surface area contributed by atoms with Crippen LogP contribution in [0.1, 0.15) is 21.8 Å². The maximum Gasteiger partial charge on any atom is 0.339 e. The number of aryl methyl sites for hydroxylation is 1. The summed E-state index contributed by atoms with van der Waals surface area (Å²) < 4.78 is 4.86. The molecule has 2 aromatic rings. The predicted molar refractivity (Wildman–Crippen MR) is 75.5 cm³/mol. The number of amides is 2. The van der Waals surface area contributed by atoms with E-state index in [1.54, 1.807) is 19.1 Å². The molecule has 1 aromatic heterocycles. The van der Waals surface area contributed by atoms with Gasteiger partial charge in [-0.15, -0.1) is 0 Å². The Morgan fingerprint density at radius 2 is 2.19 bits per heavy atom. The monoisotopic (exact) mass is 309 g/mol. The maximum absolute atomic E-state index is 11.8. The molecule has 0 unspecified atom stereocenters. The summed E-state index contributed by atoms with van der Waals surface area (Å²) >= 11 is 5.81. The number of carboxylic acids is 1. The largest absolute Gasteiger partial charge is 0.478 e. The highest BCUT2D eigenvalue weighted by Gasteiger charge is 2.16. The Balaban J connectivity index is 2.03. The van der Waals surface area contributed by atoms with Crippen LogP contribution in [0.3, 0.4) is 0 Å². The molecule has 0 aliphatic heterocycles. The third kappa shape index (κ3) is 3.73. The third-order valence-corrected chi connectivity index (χ3v) is 2.90. The summed E-state index contributed by atoms with van der Waals surface area (Å²) in [7, 11) is 0. The lowest BCUT2D eigenvalue weighted by Crippen LogP contribution is -2.29. The molecule has 0 aliphatic rings. The molecule has 0 fully saturated rings. The topological polar surface area (TPSA) is 104 Å². The minimum absolute atomic E-state index is 0.0485. The number of halogens is 1. The SMILES string of the molecule is Cc1cc(CNC(=O)Nc2cccc(Cl)c2C(=O)O)no1. The van der Waals surface area contributed by atoms with Gasteiger partial charge in [0.05, 0.1) is 17.3 Å². The van der Waals surface area contributed by atoms with Crippen LogP contribution in [0.2, 0.25) is 5.02 Å². The van der Waals surface area contributed by atoms with Crippen molar-refractivity contribution in [3.63, 3.8) is 0 Å². The summed E-state index contributed by atoms with van der Waals surface area (Å²) in [5, 5.41) is 17.8. The number of carbonyl (C=O) groups excluding carboxylic acids is 1. The summed E-state index contributed by atoms with van der Waals surface area (Å²) in [6.07, 6.45) is 0. The molecule has 110 valence electrons. The summed E-state index contributed by atoms with van der Waals surface area (Å²) in [4.78, 5) is 22.9. The van der Waals surface area contributed by atoms with Gasteiger partial charge in [-0.25, -0.2) is 9.59 Å². The van der Waals surface area contributed by atoms with Crippen molar-refractivity contribution >= 4 is 29.3 Å². The van der Waals surface area contributed by atoms with Crippen LogP contribution in [-0.4, -0.2) is 22.3 Å². The second-order valence-electron chi connectivity index (χ2n) is 4.20. The van der Waals surface area contributed by atoms with E-state index < -0.39 is 12.0 Å². The fraction of sp³-hybridized carbons (Fsp3) is 0.154. The Morgan fingerprint density at radius 1 is 1.43 bits per heavy atom. The highest BCUT2D eigenvalue weighted by molar-refractivity contribution is 6.34. The number of hydrogen-bond acceptors (Lipinski definition) is 4. The average Bonchev–Trinajstić information content (AvgIpc) is 2.82. The molecule has 1 aromatic carbocycles. The van der Waals surface area contributed by atoms with Gasteiger partial charge in [-0.05, 0) is 19.1 Å². The van der Waals surface area contributed by atoms with Crippen molar-refractivity contribution in [2.75, 3.05) is 5.32 Å². The van der Waals surface area contributed by atoms with E-state index in [2.05, 4.69) is 15.8 Å². The van der Waals surface area contributed by atoms with Gasteiger partial charge in [-0.1, -0.05) is 22.8 Å². The fourth-order valence-electron chi connectivity index (χ4n) is 1.68. The Kier molecular flexibility index (Phi) is 4.44. The van der Waals surface area contributed by atoms with Gasteiger partial charge in [0.25, 0.3) is 0 Å². The molecule has 3 N–H and O–H groups in total. The summed E-state index contributed by atoms with van der Waals surface area (Å²) in [5.41, 5.74) is 0.516. The number of nitrogens with zero attached hydrogens (tertiary/aromatic N) is 1. The van der Waals surface area contributed by atoms with Gasteiger partial charge in [0, 0.05) is 6.07 Å². The number of benzene rings is 1. The van der Waals surface area contributed by atoms with Crippen LogP contribution in [0, 0.1) is 6.92 Å². The summed E-state index contributed by atoms with van der Waals surface area (Å²) in [6, 6.07) is 5.55. The lowest BCUT2D eigenvalue weighted by atomic mass is 10.2. The fourth-order valence-corrected chi connectivity index (χ4v) is 1.94. The molecule has 21 heavy (non-hydrogen) atoms. The highest BCUT2D eigenvalue weighted by Crippen LogP contribution is 2.24. The van der Waals surface area contributed by atoms with Crippen LogP contribution >= 0.6 is 11.6 Å². The maximum atomic E-state index is 11.8. The zero-order chi connectivity index (χ0) is 15.4. The predicted octanol–water partition coefficient (Wildman–Crippen LogP) is 2.66. The lowest BCUT2D eigenvalue weighted by molar-refractivity contribution is 0.0698. The number of aromatic carboxylic acids is 1. The number of rotatable bonds is 4. The third-order valence-electron chi connectivity index (χ3n) is 2.58. The quantitative estimate of drug-likeness (QED) is 0.805. The first kappa shape index (κ1) is 14.9. The second kappa shape index (κ2) is 6.27. The molecule has 2 amide bonds. The normalized spacial score (nSPS) is 10.2. The molecule has 0 saturated carbocycles. The van der Waals surface area contributed by atoms with E-state index in [9.17, 15) is 9.59 Å². The standard InChI is InChI=1S/C13H12ClN3O4/c1-7-5-8(17-21-7)6-15-13(20)16-10-4-2-3-9(14)11(10)12(18)19/h2-5H,6H2,1H3,(H,18,19)(H2,15,16,20). The summed E-state index contributed by atoms with van der Waals surface area (Å²) in [5.74, 6) is -0.585. The first-order valence-electron chi connectivity index (χ1n) is 5.96. The smallest absolute Gasteiger partial charge is 0.339 e. The van der Waals surface area contributed by atoms with Crippen molar-refractivity contribution in [1.82, 2.24) is 10.5 Å². The number of carboxylic acid groups (broad SMARTS) is 1.